The van der Waals surface area contributed by atoms with Crippen LogP contribution in [0.2, 0.25) is 0 Å². The molecule has 3 aromatic rings. The number of alkyl halides is 3. The van der Waals surface area contributed by atoms with Gasteiger partial charge in [0.05, 0.1) is 16.8 Å². The summed E-state index contributed by atoms with van der Waals surface area (Å²) in [6, 6.07) is 17.4. The van der Waals surface area contributed by atoms with Crippen LogP contribution in [-0.2, 0) is 22.1 Å². The van der Waals surface area contributed by atoms with Crippen LogP contribution in [0.3, 0.4) is 0 Å². The van der Waals surface area contributed by atoms with Gasteiger partial charge in [-0.1, -0.05) is 36.4 Å². The Morgan fingerprint density at radius 3 is 2.32 bits per heavy atom. The molecule has 0 aromatic heterocycles. The third-order valence-corrected chi connectivity index (χ3v) is 5.09. The quantitative estimate of drug-likeness (QED) is 0.493. The number of halogens is 3. The topological polar surface area (TPSA) is 84.9 Å². The van der Waals surface area contributed by atoms with Gasteiger partial charge in [-0.15, -0.1) is 0 Å². The van der Waals surface area contributed by atoms with Crippen LogP contribution in [-0.4, -0.2) is 23.3 Å². The van der Waals surface area contributed by atoms with E-state index >= 15 is 0 Å². The molecule has 3 aromatic carbocycles. The van der Waals surface area contributed by atoms with Crippen molar-refractivity contribution in [3.05, 3.63) is 107 Å². The first-order valence-corrected chi connectivity index (χ1v) is 10.1. The molecule has 0 bridgehead atoms. The number of benzene rings is 3. The Labute approximate surface area is 192 Å². The second-order valence-corrected chi connectivity index (χ2v) is 7.45. The molecule has 0 aliphatic carbocycles. The van der Waals surface area contributed by atoms with Crippen LogP contribution in [0.1, 0.15) is 37.4 Å². The Kier molecular flexibility index (Phi) is 6.27. The minimum atomic E-state index is -4.53. The van der Waals surface area contributed by atoms with Gasteiger partial charge in [-0.3, -0.25) is 4.79 Å². The van der Waals surface area contributed by atoms with E-state index in [0.717, 1.165) is 29.8 Å². The predicted octanol–water partition coefficient (Wildman–Crippen LogP) is 5.57. The van der Waals surface area contributed by atoms with Crippen LogP contribution in [0.5, 0.6) is 0 Å². The van der Waals surface area contributed by atoms with Crippen molar-refractivity contribution >= 4 is 23.3 Å². The smallest absolute Gasteiger partial charge is 0.416 e. The summed E-state index contributed by atoms with van der Waals surface area (Å²) in [7, 11) is 0. The summed E-state index contributed by atoms with van der Waals surface area (Å²) in [4.78, 5) is 24.2. The van der Waals surface area contributed by atoms with Crippen molar-refractivity contribution in [1.82, 2.24) is 0 Å². The summed E-state index contributed by atoms with van der Waals surface area (Å²) < 4.78 is 49.6. The molecule has 0 radical (unpaired) electrons. The maximum Gasteiger partial charge on any atom is 0.416 e. The van der Waals surface area contributed by atoms with Gasteiger partial charge in [0, 0.05) is 17.5 Å². The Morgan fingerprint density at radius 1 is 0.971 bits per heavy atom. The number of carbonyl (C=O) groups is 2. The van der Waals surface area contributed by atoms with E-state index in [2.05, 4.69) is 5.32 Å². The fourth-order valence-corrected chi connectivity index (χ4v) is 3.36. The van der Waals surface area contributed by atoms with E-state index in [1.807, 2.05) is 30.3 Å². The highest BCUT2D eigenvalue weighted by molar-refractivity contribution is 6.08. The molecule has 34 heavy (non-hydrogen) atoms. The molecule has 1 atom stereocenters. The van der Waals surface area contributed by atoms with Crippen molar-refractivity contribution in [2.45, 2.75) is 18.9 Å². The van der Waals surface area contributed by atoms with Crippen molar-refractivity contribution in [2.24, 2.45) is 0 Å². The minimum Gasteiger partial charge on any atom is -0.478 e. The van der Waals surface area contributed by atoms with E-state index in [4.69, 9.17) is 9.47 Å². The number of hydrogen-bond acceptors (Lipinski definition) is 4. The molecule has 1 aliphatic rings. The van der Waals surface area contributed by atoms with Crippen molar-refractivity contribution in [3.63, 3.8) is 0 Å². The van der Waals surface area contributed by atoms with Crippen LogP contribution in [0, 0.1) is 0 Å². The highest BCUT2D eigenvalue weighted by Crippen LogP contribution is 2.31. The molecule has 0 fully saturated rings. The normalized spacial score (nSPS) is 15.1. The lowest BCUT2D eigenvalue weighted by Crippen LogP contribution is -2.16. The van der Waals surface area contributed by atoms with Gasteiger partial charge < -0.3 is 19.9 Å². The average Bonchev–Trinajstić information content (AvgIpc) is 3.27. The second kappa shape index (κ2) is 9.30. The molecule has 2 N–H and O–H groups in total. The molecule has 1 unspecified atom stereocenters. The summed E-state index contributed by atoms with van der Waals surface area (Å²) >= 11 is 0. The molecule has 1 heterocycles. The predicted molar refractivity (Wildman–Crippen MR) is 117 cm³/mol. The second-order valence-electron chi connectivity index (χ2n) is 7.45. The molecule has 9 heteroatoms. The van der Waals surface area contributed by atoms with E-state index < -0.39 is 29.9 Å². The third-order valence-electron chi connectivity index (χ3n) is 5.09. The fraction of sp³-hybridized carbons (Fsp3) is 0.120. The largest absolute Gasteiger partial charge is 0.478 e. The lowest BCUT2D eigenvalue weighted by molar-refractivity contribution is -0.137. The van der Waals surface area contributed by atoms with Crippen molar-refractivity contribution < 1.29 is 37.3 Å². The number of nitrogens with one attached hydrogen (secondary N) is 1. The average molecular weight is 469 g/mol. The third kappa shape index (κ3) is 5.20. The highest BCUT2D eigenvalue weighted by atomic mass is 19.4. The Morgan fingerprint density at radius 2 is 1.68 bits per heavy atom. The van der Waals surface area contributed by atoms with Crippen LogP contribution < -0.4 is 5.32 Å². The summed E-state index contributed by atoms with van der Waals surface area (Å²) in [5.74, 6) is -1.69. The summed E-state index contributed by atoms with van der Waals surface area (Å²) in [6.07, 6.45) is -3.20. The zero-order valence-electron chi connectivity index (χ0n) is 17.5. The number of hydrogen-bond donors (Lipinski definition) is 2. The van der Waals surface area contributed by atoms with Gasteiger partial charge in [0.15, 0.2) is 5.76 Å². The van der Waals surface area contributed by atoms with Crippen LogP contribution in [0.15, 0.2) is 79.1 Å². The van der Waals surface area contributed by atoms with Gasteiger partial charge >= 0.3 is 12.1 Å². The lowest BCUT2D eigenvalue weighted by Gasteiger charge is -2.14. The number of carbonyl (C=O) groups excluding carboxylic acids is 1. The van der Waals surface area contributed by atoms with Gasteiger partial charge in [-0.2, -0.15) is 13.2 Å². The Bertz CT molecular complexity index is 1240. The summed E-state index contributed by atoms with van der Waals surface area (Å²) in [5, 5.41) is 11.9. The minimum absolute atomic E-state index is 0.0362. The molecule has 0 spiro atoms. The SMILES string of the molecule is O=C(Nc1cc(C2=COC(Cc3ccccc3)O2)ccc1C(=O)O)c1ccc(C(F)(F)F)cc1. The first-order valence-electron chi connectivity index (χ1n) is 10.1. The number of aromatic carboxylic acids is 1. The van der Waals surface area contributed by atoms with Gasteiger partial charge in [-0.05, 0) is 42.0 Å². The van der Waals surface area contributed by atoms with Crippen molar-refractivity contribution in [3.8, 4) is 0 Å². The number of ether oxygens (including phenoxy) is 2. The molecular weight excluding hydrogens is 451 g/mol. The first-order chi connectivity index (χ1) is 16.2. The molecule has 0 saturated heterocycles. The number of rotatable bonds is 6. The van der Waals surface area contributed by atoms with Gasteiger partial charge in [-0.25, -0.2) is 4.79 Å². The molecule has 0 saturated carbocycles. The molecular formula is C25H18F3NO5. The standard InChI is InChI=1S/C25H18F3NO5/c26-25(27,28)18-9-6-16(7-10-18)23(30)29-20-13-17(8-11-19(20)24(31)32)21-14-33-22(34-21)12-15-4-2-1-3-5-15/h1-11,13-14,22H,12H2,(H,29,30)(H,31,32). The maximum absolute atomic E-state index is 12.8. The number of anilines is 1. The van der Waals surface area contributed by atoms with Gasteiger partial charge in [0.25, 0.3) is 5.91 Å². The van der Waals surface area contributed by atoms with Crippen molar-refractivity contribution in [1.29, 1.82) is 0 Å². The molecule has 4 rings (SSSR count). The number of carboxylic acids is 1. The van der Waals surface area contributed by atoms with Crippen LogP contribution in [0.25, 0.3) is 5.76 Å². The highest BCUT2D eigenvalue weighted by Gasteiger charge is 2.30. The Hall–Kier alpha value is -4.27. The monoisotopic (exact) mass is 469 g/mol. The van der Waals surface area contributed by atoms with E-state index in [1.54, 1.807) is 0 Å². The van der Waals surface area contributed by atoms with Gasteiger partial charge in [0.2, 0.25) is 6.29 Å². The lowest BCUT2D eigenvalue weighted by atomic mass is 10.1. The fourth-order valence-electron chi connectivity index (χ4n) is 3.36. The van der Waals surface area contributed by atoms with E-state index in [-0.39, 0.29) is 16.8 Å². The first kappa shape index (κ1) is 22.9. The van der Waals surface area contributed by atoms with E-state index in [1.165, 1.54) is 24.5 Å². The maximum atomic E-state index is 12.8. The summed E-state index contributed by atoms with van der Waals surface area (Å²) in [5.41, 5.74) is 0.288. The zero-order chi connectivity index (χ0) is 24.3. The summed E-state index contributed by atoms with van der Waals surface area (Å²) in [6.45, 7) is 0. The molecule has 1 amide bonds. The zero-order valence-corrected chi connectivity index (χ0v) is 17.5. The molecule has 1 aliphatic heterocycles. The van der Waals surface area contributed by atoms with Gasteiger partial charge in [0.1, 0.15) is 6.26 Å². The Balaban J connectivity index is 1.51. The van der Waals surface area contributed by atoms with Crippen LogP contribution >= 0.6 is 0 Å². The van der Waals surface area contributed by atoms with Crippen LogP contribution in [0.4, 0.5) is 18.9 Å². The molecule has 6 nitrogen and oxygen atoms in total. The number of amides is 1. The molecule has 174 valence electrons. The van der Waals surface area contributed by atoms with Crippen molar-refractivity contribution in [2.75, 3.05) is 5.32 Å². The number of carboxylic acid groups (broad SMARTS) is 1. The van der Waals surface area contributed by atoms with E-state index in [0.29, 0.717) is 17.7 Å². The van der Waals surface area contributed by atoms with E-state index in [9.17, 15) is 27.9 Å².